The highest BCUT2D eigenvalue weighted by Gasteiger charge is 2.01. The number of hydrogen-bond acceptors (Lipinski definition) is 3. The molecule has 0 aliphatic carbocycles. The van der Waals surface area contributed by atoms with Crippen LogP contribution < -0.4 is 4.74 Å². The fourth-order valence-corrected chi connectivity index (χ4v) is 1.17. The zero-order valence-electron chi connectivity index (χ0n) is 9.47. The number of hydrogen-bond donors (Lipinski definition) is 0. The minimum absolute atomic E-state index is 0.127. The molecule has 0 aliphatic rings. The van der Waals surface area contributed by atoms with Gasteiger partial charge < -0.3 is 4.74 Å². The molecule has 0 N–H and O–H groups in total. The third kappa shape index (κ3) is 3.73. The van der Waals surface area contributed by atoms with E-state index < -0.39 is 4.92 Å². The van der Waals surface area contributed by atoms with Crippen molar-refractivity contribution >= 4 is 6.08 Å². The second-order valence-corrected chi connectivity index (χ2v) is 3.46. The molecule has 0 amide bonds. The lowest BCUT2D eigenvalue weighted by molar-refractivity contribution is -0.422. The fraction of sp³-hybridized carbons (Fsp3) is 0.333. The molecule has 1 aromatic carbocycles. The summed E-state index contributed by atoms with van der Waals surface area (Å²) in [4.78, 5) is 10.0. The molecule has 0 saturated heterocycles. The Balaban J connectivity index is 2.71. The maximum Gasteiger partial charge on any atom is 0.243 e. The van der Waals surface area contributed by atoms with Crippen molar-refractivity contribution < 1.29 is 9.66 Å². The molecule has 0 saturated carbocycles. The summed E-state index contributed by atoms with van der Waals surface area (Å²) in [6.45, 7) is 4.20. The highest BCUT2D eigenvalue weighted by atomic mass is 16.6. The van der Waals surface area contributed by atoms with Gasteiger partial charge in [0.2, 0.25) is 5.70 Å². The van der Waals surface area contributed by atoms with Crippen LogP contribution in [0.4, 0.5) is 0 Å². The molecule has 86 valence electrons. The van der Waals surface area contributed by atoms with Crippen molar-refractivity contribution in [2.24, 2.45) is 0 Å². The second kappa shape index (κ2) is 5.90. The molecular formula is C12H15NO3. The first kappa shape index (κ1) is 12.2. The lowest BCUT2D eigenvalue weighted by Crippen LogP contribution is -1.95. The van der Waals surface area contributed by atoms with Crippen molar-refractivity contribution in [2.75, 3.05) is 6.61 Å². The zero-order chi connectivity index (χ0) is 12.0. The number of ether oxygens (including phenoxy) is 1. The van der Waals surface area contributed by atoms with E-state index in [1.165, 1.54) is 13.0 Å². The van der Waals surface area contributed by atoms with Gasteiger partial charge >= 0.3 is 0 Å². The summed E-state index contributed by atoms with van der Waals surface area (Å²) in [7, 11) is 0. The summed E-state index contributed by atoms with van der Waals surface area (Å²) >= 11 is 0. The van der Waals surface area contributed by atoms with Gasteiger partial charge in [-0.05, 0) is 24.1 Å². The van der Waals surface area contributed by atoms with Gasteiger partial charge in [0, 0.05) is 13.0 Å². The first-order chi connectivity index (χ1) is 7.63. The Morgan fingerprint density at radius 2 is 2.06 bits per heavy atom. The van der Waals surface area contributed by atoms with E-state index in [9.17, 15) is 10.1 Å². The van der Waals surface area contributed by atoms with Gasteiger partial charge in [-0.1, -0.05) is 19.1 Å². The van der Waals surface area contributed by atoms with Crippen molar-refractivity contribution in [1.29, 1.82) is 0 Å². The summed E-state index contributed by atoms with van der Waals surface area (Å²) in [5.74, 6) is 0.790. The molecule has 0 fully saturated rings. The van der Waals surface area contributed by atoms with Crippen LogP contribution in [0, 0.1) is 10.1 Å². The molecule has 4 nitrogen and oxygen atoms in total. The smallest absolute Gasteiger partial charge is 0.243 e. The summed E-state index contributed by atoms with van der Waals surface area (Å²) < 4.78 is 5.41. The van der Waals surface area contributed by atoms with Gasteiger partial charge in [0.1, 0.15) is 5.75 Å². The number of nitro groups is 1. The molecule has 16 heavy (non-hydrogen) atoms. The average Bonchev–Trinajstić information content (AvgIpc) is 2.28. The van der Waals surface area contributed by atoms with Gasteiger partial charge in [-0.15, -0.1) is 0 Å². The zero-order valence-corrected chi connectivity index (χ0v) is 9.47. The predicted octanol–water partition coefficient (Wildman–Crippen LogP) is 3.11. The Kier molecular flexibility index (Phi) is 4.51. The van der Waals surface area contributed by atoms with Crippen molar-refractivity contribution in [2.45, 2.75) is 20.3 Å². The quantitative estimate of drug-likeness (QED) is 0.567. The highest BCUT2D eigenvalue weighted by molar-refractivity contribution is 5.51. The molecule has 0 aromatic heterocycles. The highest BCUT2D eigenvalue weighted by Crippen LogP contribution is 2.14. The van der Waals surface area contributed by atoms with Crippen molar-refractivity contribution in [3.63, 3.8) is 0 Å². The van der Waals surface area contributed by atoms with E-state index in [0.29, 0.717) is 6.61 Å². The van der Waals surface area contributed by atoms with Crippen LogP contribution in [0.3, 0.4) is 0 Å². The summed E-state index contributed by atoms with van der Waals surface area (Å²) in [5, 5.41) is 10.4. The number of benzene rings is 1. The van der Waals surface area contributed by atoms with Gasteiger partial charge in [0.25, 0.3) is 0 Å². The standard InChI is InChI=1S/C12H15NO3/c1-3-8-16-12-6-4-11(5-7-12)9-10(2)13(14)15/h4-7,9H,3,8H2,1-2H3/b10-9+. The van der Waals surface area contributed by atoms with Gasteiger partial charge in [0.05, 0.1) is 11.5 Å². The second-order valence-electron chi connectivity index (χ2n) is 3.46. The van der Waals surface area contributed by atoms with Crippen molar-refractivity contribution in [3.05, 3.63) is 45.6 Å². The molecule has 0 heterocycles. The van der Waals surface area contributed by atoms with Crippen LogP contribution in [-0.4, -0.2) is 11.5 Å². The van der Waals surface area contributed by atoms with E-state index in [1.807, 2.05) is 19.1 Å². The van der Waals surface area contributed by atoms with Crippen molar-refractivity contribution in [1.82, 2.24) is 0 Å². The first-order valence-electron chi connectivity index (χ1n) is 5.19. The van der Waals surface area contributed by atoms with Crippen LogP contribution in [0.5, 0.6) is 5.75 Å². The number of nitrogens with zero attached hydrogens (tertiary/aromatic N) is 1. The van der Waals surface area contributed by atoms with E-state index in [-0.39, 0.29) is 5.70 Å². The molecule has 4 heteroatoms. The Bertz CT molecular complexity index is 382. The van der Waals surface area contributed by atoms with Crippen LogP contribution in [-0.2, 0) is 0 Å². The summed E-state index contributed by atoms with van der Waals surface area (Å²) in [5.41, 5.74) is 0.931. The van der Waals surface area contributed by atoms with Crippen LogP contribution in [0.1, 0.15) is 25.8 Å². The Morgan fingerprint density at radius 1 is 1.44 bits per heavy atom. The molecule has 0 bridgehead atoms. The number of rotatable bonds is 5. The molecule has 1 aromatic rings. The molecule has 0 aliphatic heterocycles. The van der Waals surface area contributed by atoms with Crippen LogP contribution >= 0.6 is 0 Å². The van der Waals surface area contributed by atoms with Crippen LogP contribution in [0.15, 0.2) is 30.0 Å². The Morgan fingerprint density at radius 3 is 2.56 bits per heavy atom. The van der Waals surface area contributed by atoms with Crippen molar-refractivity contribution in [3.8, 4) is 5.75 Å². The van der Waals surface area contributed by atoms with E-state index in [2.05, 4.69) is 0 Å². The van der Waals surface area contributed by atoms with E-state index in [0.717, 1.165) is 17.7 Å². The fourth-order valence-electron chi connectivity index (χ4n) is 1.17. The monoisotopic (exact) mass is 221 g/mol. The van der Waals surface area contributed by atoms with E-state index in [4.69, 9.17) is 4.74 Å². The molecule has 0 radical (unpaired) electrons. The normalized spacial score (nSPS) is 11.2. The maximum atomic E-state index is 10.4. The van der Waals surface area contributed by atoms with Gasteiger partial charge in [-0.2, -0.15) is 0 Å². The number of allylic oxidation sites excluding steroid dienone is 1. The Labute approximate surface area is 94.7 Å². The third-order valence-corrected chi connectivity index (χ3v) is 2.02. The van der Waals surface area contributed by atoms with E-state index >= 15 is 0 Å². The lowest BCUT2D eigenvalue weighted by atomic mass is 10.2. The Hall–Kier alpha value is -1.84. The first-order valence-corrected chi connectivity index (χ1v) is 5.19. The largest absolute Gasteiger partial charge is 0.494 e. The third-order valence-electron chi connectivity index (χ3n) is 2.02. The van der Waals surface area contributed by atoms with Gasteiger partial charge in [-0.3, -0.25) is 10.1 Å². The predicted molar refractivity (Wildman–Crippen MR) is 62.9 cm³/mol. The molecule has 0 atom stereocenters. The van der Waals surface area contributed by atoms with Gasteiger partial charge in [0.15, 0.2) is 0 Å². The summed E-state index contributed by atoms with van der Waals surface area (Å²) in [6, 6.07) is 7.24. The van der Waals surface area contributed by atoms with Gasteiger partial charge in [-0.25, -0.2) is 0 Å². The molecule has 0 unspecified atom stereocenters. The van der Waals surface area contributed by atoms with Crippen LogP contribution in [0.2, 0.25) is 0 Å². The lowest BCUT2D eigenvalue weighted by Gasteiger charge is -2.03. The summed E-state index contributed by atoms with van der Waals surface area (Å²) in [6.07, 6.45) is 2.49. The maximum absolute atomic E-state index is 10.4. The minimum atomic E-state index is -0.401. The molecule has 0 spiro atoms. The van der Waals surface area contributed by atoms with Crippen LogP contribution in [0.25, 0.3) is 6.08 Å². The average molecular weight is 221 g/mol. The molecular weight excluding hydrogens is 206 g/mol. The SMILES string of the molecule is CCCOc1ccc(/C=C(\C)[N+](=O)[O-])cc1. The molecule has 1 rings (SSSR count). The topological polar surface area (TPSA) is 52.4 Å². The minimum Gasteiger partial charge on any atom is -0.494 e. The van der Waals surface area contributed by atoms with E-state index in [1.54, 1.807) is 12.1 Å².